The summed E-state index contributed by atoms with van der Waals surface area (Å²) in [5.41, 5.74) is 0.756. The van der Waals surface area contributed by atoms with Gasteiger partial charge in [-0.3, -0.25) is 0 Å². The zero-order chi connectivity index (χ0) is 9.84. The Morgan fingerprint density at radius 3 is 2.62 bits per heavy atom. The van der Waals surface area contributed by atoms with Gasteiger partial charge in [-0.2, -0.15) is 0 Å². The van der Waals surface area contributed by atoms with Crippen molar-refractivity contribution < 1.29 is 9.50 Å². The number of hydrogen-bond acceptors (Lipinski definition) is 2. The molecule has 0 saturated carbocycles. The van der Waals surface area contributed by atoms with Gasteiger partial charge in [0.05, 0.1) is 0 Å². The molecule has 1 aromatic carbocycles. The Morgan fingerprint density at radius 1 is 1.38 bits per heavy atom. The molecule has 72 valence electrons. The van der Waals surface area contributed by atoms with E-state index in [1.54, 1.807) is 6.07 Å². The van der Waals surface area contributed by atoms with E-state index in [2.05, 4.69) is 5.32 Å². The number of nitrogens with one attached hydrogen (secondary N) is 1. The minimum atomic E-state index is -0.402. The summed E-state index contributed by atoms with van der Waals surface area (Å²) in [7, 11) is 0. The third kappa shape index (κ3) is 3.42. The van der Waals surface area contributed by atoms with Gasteiger partial charge >= 0.3 is 0 Å². The zero-order valence-electron chi connectivity index (χ0n) is 7.84. The Kier molecular flexibility index (Phi) is 3.25. The average molecular weight is 183 g/mol. The topological polar surface area (TPSA) is 32.3 Å². The van der Waals surface area contributed by atoms with E-state index < -0.39 is 5.82 Å². The van der Waals surface area contributed by atoms with Crippen molar-refractivity contribution in [2.45, 2.75) is 26.4 Å². The summed E-state index contributed by atoms with van der Waals surface area (Å²) in [6, 6.07) is 4.41. The van der Waals surface area contributed by atoms with E-state index in [4.69, 9.17) is 5.11 Å². The maximum absolute atomic E-state index is 12.8. The lowest BCUT2D eigenvalue weighted by molar-refractivity contribution is 0.466. The molecule has 0 fully saturated rings. The van der Waals surface area contributed by atoms with Crippen molar-refractivity contribution in [1.82, 2.24) is 5.32 Å². The van der Waals surface area contributed by atoms with Gasteiger partial charge in [0.2, 0.25) is 0 Å². The second-order valence-electron chi connectivity index (χ2n) is 3.35. The molecule has 0 aliphatic heterocycles. The summed E-state index contributed by atoms with van der Waals surface area (Å²) in [4.78, 5) is 0. The lowest BCUT2D eigenvalue weighted by Gasteiger charge is -2.08. The maximum atomic E-state index is 12.8. The van der Waals surface area contributed by atoms with Crippen molar-refractivity contribution in [3.8, 4) is 5.75 Å². The Hall–Kier alpha value is -1.09. The van der Waals surface area contributed by atoms with Crippen LogP contribution in [0, 0.1) is 5.82 Å². The number of aromatic hydroxyl groups is 1. The fourth-order valence-corrected chi connectivity index (χ4v) is 1.06. The summed E-state index contributed by atoms with van der Waals surface area (Å²) in [5, 5.41) is 12.2. The number of rotatable bonds is 3. The molecule has 13 heavy (non-hydrogen) atoms. The summed E-state index contributed by atoms with van der Waals surface area (Å²) >= 11 is 0. The monoisotopic (exact) mass is 183 g/mol. The van der Waals surface area contributed by atoms with Gasteiger partial charge < -0.3 is 10.4 Å². The first kappa shape index (κ1) is 9.99. The highest BCUT2D eigenvalue weighted by Crippen LogP contribution is 2.14. The lowest BCUT2D eigenvalue weighted by Crippen LogP contribution is -2.21. The Labute approximate surface area is 77.4 Å². The van der Waals surface area contributed by atoms with E-state index in [-0.39, 0.29) is 5.75 Å². The Bertz CT molecular complexity index is 266. The maximum Gasteiger partial charge on any atom is 0.127 e. The fraction of sp³-hybridized carbons (Fsp3) is 0.400. The second-order valence-corrected chi connectivity index (χ2v) is 3.35. The summed E-state index contributed by atoms with van der Waals surface area (Å²) in [5.74, 6) is -0.430. The molecule has 0 aliphatic rings. The fourth-order valence-electron chi connectivity index (χ4n) is 1.06. The van der Waals surface area contributed by atoms with Crippen molar-refractivity contribution in [3.05, 3.63) is 29.6 Å². The molecular formula is C10H14FNO. The van der Waals surface area contributed by atoms with Crippen LogP contribution in [0.2, 0.25) is 0 Å². The van der Waals surface area contributed by atoms with Crippen molar-refractivity contribution >= 4 is 0 Å². The predicted octanol–water partition coefficient (Wildman–Crippen LogP) is 2.03. The standard InChI is InChI=1S/C10H14FNO/c1-7(2)12-6-8-3-9(11)5-10(13)4-8/h3-5,7,12-13H,6H2,1-2H3. The predicted molar refractivity (Wildman–Crippen MR) is 50.0 cm³/mol. The largest absolute Gasteiger partial charge is 0.508 e. The molecule has 0 heterocycles. The molecule has 1 aromatic rings. The molecule has 3 heteroatoms. The average Bonchev–Trinajstić information content (AvgIpc) is 1.99. The van der Waals surface area contributed by atoms with Crippen LogP contribution in [-0.4, -0.2) is 11.1 Å². The van der Waals surface area contributed by atoms with Crippen LogP contribution in [0.1, 0.15) is 19.4 Å². The number of hydrogen-bond donors (Lipinski definition) is 2. The first-order chi connectivity index (χ1) is 6.08. The molecule has 0 atom stereocenters. The summed E-state index contributed by atoms with van der Waals surface area (Å²) in [6.07, 6.45) is 0. The highest BCUT2D eigenvalue weighted by atomic mass is 19.1. The smallest absolute Gasteiger partial charge is 0.127 e. The normalized spacial score (nSPS) is 10.8. The number of benzene rings is 1. The molecule has 1 rings (SSSR count). The Balaban J connectivity index is 2.66. The van der Waals surface area contributed by atoms with E-state index in [0.29, 0.717) is 12.6 Å². The third-order valence-electron chi connectivity index (χ3n) is 1.66. The highest BCUT2D eigenvalue weighted by molar-refractivity contribution is 5.28. The van der Waals surface area contributed by atoms with Crippen LogP contribution in [0.15, 0.2) is 18.2 Å². The van der Waals surface area contributed by atoms with E-state index in [1.807, 2.05) is 13.8 Å². The van der Waals surface area contributed by atoms with Crippen molar-refractivity contribution in [2.24, 2.45) is 0 Å². The van der Waals surface area contributed by atoms with Crippen molar-refractivity contribution in [3.63, 3.8) is 0 Å². The van der Waals surface area contributed by atoms with Crippen LogP contribution < -0.4 is 5.32 Å². The van der Waals surface area contributed by atoms with Gasteiger partial charge in [0, 0.05) is 18.7 Å². The van der Waals surface area contributed by atoms with Crippen LogP contribution in [0.3, 0.4) is 0 Å². The van der Waals surface area contributed by atoms with Crippen molar-refractivity contribution in [1.29, 1.82) is 0 Å². The molecule has 0 amide bonds. The molecule has 0 saturated heterocycles. The van der Waals surface area contributed by atoms with Gasteiger partial charge in [-0.05, 0) is 17.7 Å². The van der Waals surface area contributed by atoms with Gasteiger partial charge in [0.1, 0.15) is 11.6 Å². The van der Waals surface area contributed by atoms with Crippen LogP contribution in [0.25, 0.3) is 0 Å². The van der Waals surface area contributed by atoms with E-state index in [1.165, 1.54) is 6.07 Å². The SMILES string of the molecule is CC(C)NCc1cc(O)cc(F)c1. The number of halogens is 1. The molecule has 0 bridgehead atoms. The van der Waals surface area contributed by atoms with Crippen LogP contribution in [0.5, 0.6) is 5.75 Å². The second kappa shape index (κ2) is 4.23. The molecule has 0 spiro atoms. The molecule has 0 unspecified atom stereocenters. The van der Waals surface area contributed by atoms with Gasteiger partial charge in [-0.1, -0.05) is 13.8 Å². The molecule has 2 nitrogen and oxygen atoms in total. The van der Waals surface area contributed by atoms with Crippen LogP contribution in [0.4, 0.5) is 4.39 Å². The molecule has 2 N–H and O–H groups in total. The van der Waals surface area contributed by atoms with Gasteiger partial charge in [0.15, 0.2) is 0 Å². The zero-order valence-corrected chi connectivity index (χ0v) is 7.84. The first-order valence-corrected chi connectivity index (χ1v) is 4.30. The van der Waals surface area contributed by atoms with Gasteiger partial charge in [0.25, 0.3) is 0 Å². The van der Waals surface area contributed by atoms with Gasteiger partial charge in [-0.25, -0.2) is 4.39 Å². The quantitative estimate of drug-likeness (QED) is 0.751. The van der Waals surface area contributed by atoms with E-state index in [0.717, 1.165) is 11.6 Å². The highest BCUT2D eigenvalue weighted by Gasteiger charge is 2.00. The first-order valence-electron chi connectivity index (χ1n) is 4.30. The molecule has 0 aromatic heterocycles. The Morgan fingerprint density at radius 2 is 2.08 bits per heavy atom. The van der Waals surface area contributed by atoms with Gasteiger partial charge in [-0.15, -0.1) is 0 Å². The number of phenols is 1. The van der Waals surface area contributed by atoms with E-state index >= 15 is 0 Å². The van der Waals surface area contributed by atoms with Crippen molar-refractivity contribution in [2.75, 3.05) is 0 Å². The minimum absolute atomic E-state index is 0.0273. The summed E-state index contributed by atoms with van der Waals surface area (Å²) < 4.78 is 12.8. The summed E-state index contributed by atoms with van der Waals surface area (Å²) in [6.45, 7) is 4.60. The minimum Gasteiger partial charge on any atom is -0.508 e. The molecule has 0 radical (unpaired) electrons. The lowest BCUT2D eigenvalue weighted by atomic mass is 10.2. The number of phenolic OH excluding ortho intramolecular Hbond substituents is 1. The van der Waals surface area contributed by atoms with Crippen LogP contribution >= 0.6 is 0 Å². The van der Waals surface area contributed by atoms with E-state index in [9.17, 15) is 4.39 Å². The van der Waals surface area contributed by atoms with Crippen LogP contribution in [-0.2, 0) is 6.54 Å². The molecular weight excluding hydrogens is 169 g/mol. The third-order valence-corrected chi connectivity index (χ3v) is 1.66. The molecule has 0 aliphatic carbocycles.